The number of benzene rings is 1. The van der Waals surface area contributed by atoms with Crippen LogP contribution in [0.1, 0.15) is 34.4 Å². The molecule has 0 aliphatic carbocycles. The predicted molar refractivity (Wildman–Crippen MR) is 96.1 cm³/mol. The smallest absolute Gasteiger partial charge is 0.206 e. The van der Waals surface area contributed by atoms with Crippen molar-refractivity contribution in [3.05, 3.63) is 32.7 Å². The second-order valence-electron chi connectivity index (χ2n) is 6.28. The molecule has 4 rings (SSSR count). The first kappa shape index (κ1) is 15.1. The number of aryl methyl sites for hydroxylation is 2. The summed E-state index contributed by atoms with van der Waals surface area (Å²) in [6, 6.07) is 2.21. The first-order chi connectivity index (χ1) is 11.1. The number of halogens is 1. The molecule has 0 saturated heterocycles. The molecule has 0 saturated carbocycles. The van der Waals surface area contributed by atoms with Gasteiger partial charge in [-0.2, -0.15) is 4.37 Å². The van der Waals surface area contributed by atoms with Crippen LogP contribution < -0.4 is 4.90 Å². The van der Waals surface area contributed by atoms with E-state index in [2.05, 4.69) is 32.5 Å². The van der Waals surface area contributed by atoms with E-state index in [1.807, 2.05) is 6.92 Å². The molecule has 0 radical (unpaired) electrons. The van der Waals surface area contributed by atoms with Gasteiger partial charge in [0, 0.05) is 23.7 Å². The van der Waals surface area contributed by atoms with E-state index in [0.29, 0.717) is 10.8 Å². The Morgan fingerprint density at radius 3 is 2.70 bits per heavy atom. The van der Waals surface area contributed by atoms with Crippen molar-refractivity contribution >= 4 is 40.3 Å². The highest BCUT2D eigenvalue weighted by Gasteiger charge is 2.26. The molecule has 4 nitrogen and oxygen atoms in total. The van der Waals surface area contributed by atoms with Crippen LogP contribution in [0.5, 0.6) is 0 Å². The molecule has 2 aromatic rings. The molecule has 6 heteroatoms. The fraction of sp³-hybridized carbons (Fsp3) is 0.471. The summed E-state index contributed by atoms with van der Waals surface area (Å²) in [6.45, 7) is 6.49. The summed E-state index contributed by atoms with van der Waals surface area (Å²) in [4.78, 5) is 3.53. The Labute approximate surface area is 145 Å². The Bertz CT molecular complexity index is 794. The fourth-order valence-electron chi connectivity index (χ4n) is 3.62. The van der Waals surface area contributed by atoms with Crippen LogP contribution in [0.4, 0.5) is 17.2 Å². The molecule has 2 aliphatic heterocycles. The highest BCUT2D eigenvalue weighted by molar-refractivity contribution is 7.06. The zero-order valence-corrected chi connectivity index (χ0v) is 15.0. The zero-order chi connectivity index (χ0) is 16.0. The lowest BCUT2D eigenvalue weighted by Crippen LogP contribution is -2.34. The van der Waals surface area contributed by atoms with E-state index < -0.39 is 0 Å². The van der Waals surface area contributed by atoms with E-state index in [1.54, 1.807) is 0 Å². The van der Waals surface area contributed by atoms with Gasteiger partial charge >= 0.3 is 0 Å². The van der Waals surface area contributed by atoms with Crippen molar-refractivity contribution in [2.24, 2.45) is 10.2 Å². The maximum Gasteiger partial charge on any atom is 0.206 e. The van der Waals surface area contributed by atoms with Gasteiger partial charge in [-0.05, 0) is 73.8 Å². The Balaban J connectivity index is 1.77. The Hall–Kier alpha value is -1.46. The lowest BCUT2D eigenvalue weighted by molar-refractivity contribution is 0.632. The average molecular weight is 347 g/mol. The largest absolute Gasteiger partial charge is 0.371 e. The number of rotatable bonds is 2. The zero-order valence-electron chi connectivity index (χ0n) is 13.4. The van der Waals surface area contributed by atoms with E-state index >= 15 is 0 Å². The number of nitrogens with zero attached hydrogens (tertiary/aromatic N) is 4. The molecular weight excluding hydrogens is 328 g/mol. The van der Waals surface area contributed by atoms with Gasteiger partial charge in [0.25, 0.3) is 0 Å². The quantitative estimate of drug-likeness (QED) is 0.671. The standard InChI is InChI=1S/C17H19ClN4S/c1-10-13-6-4-8-22-7-3-5-12(16(13)22)9-14(10)19-20-17-15(18)11(2)23-21-17/h9H,3-8H2,1-2H3. The van der Waals surface area contributed by atoms with Gasteiger partial charge < -0.3 is 4.90 Å². The van der Waals surface area contributed by atoms with Gasteiger partial charge in [-0.1, -0.05) is 11.6 Å². The highest BCUT2D eigenvalue weighted by atomic mass is 35.5. The van der Waals surface area contributed by atoms with E-state index in [4.69, 9.17) is 11.6 Å². The second kappa shape index (κ2) is 5.87. The SMILES string of the molecule is Cc1snc(N=Nc2cc3c4c(c2C)CCCN4CCC3)c1Cl. The molecule has 1 aromatic heterocycles. The minimum absolute atomic E-state index is 0.529. The topological polar surface area (TPSA) is 40.9 Å². The summed E-state index contributed by atoms with van der Waals surface area (Å²) < 4.78 is 4.25. The van der Waals surface area contributed by atoms with Crippen molar-refractivity contribution in [3.63, 3.8) is 0 Å². The van der Waals surface area contributed by atoms with E-state index in [-0.39, 0.29) is 0 Å². The highest BCUT2D eigenvalue weighted by Crippen LogP contribution is 2.41. The third-order valence-corrected chi connectivity index (χ3v) is 6.12. The van der Waals surface area contributed by atoms with Crippen LogP contribution in [-0.4, -0.2) is 17.5 Å². The summed E-state index contributed by atoms with van der Waals surface area (Å²) in [6.07, 6.45) is 4.73. The van der Waals surface area contributed by atoms with Crippen LogP contribution >= 0.6 is 23.1 Å². The number of hydrogen-bond donors (Lipinski definition) is 0. The molecule has 0 fully saturated rings. The summed E-state index contributed by atoms with van der Waals surface area (Å²) >= 11 is 7.57. The second-order valence-corrected chi connectivity index (χ2v) is 7.63. The monoisotopic (exact) mass is 346 g/mol. The van der Waals surface area contributed by atoms with Crippen LogP contribution in [0.25, 0.3) is 0 Å². The molecule has 0 N–H and O–H groups in total. The summed E-state index contributed by atoms with van der Waals surface area (Å²) in [5.74, 6) is 0.529. The molecule has 3 heterocycles. The molecule has 0 spiro atoms. The summed E-state index contributed by atoms with van der Waals surface area (Å²) in [5.41, 5.74) is 6.57. The first-order valence-corrected chi connectivity index (χ1v) is 9.24. The molecule has 120 valence electrons. The van der Waals surface area contributed by atoms with Gasteiger partial charge in [-0.25, -0.2) is 0 Å². The van der Waals surface area contributed by atoms with Crippen LogP contribution in [0.2, 0.25) is 5.02 Å². The molecule has 1 aromatic carbocycles. The molecule has 0 atom stereocenters. The van der Waals surface area contributed by atoms with Crippen LogP contribution in [0, 0.1) is 13.8 Å². The Morgan fingerprint density at radius 2 is 1.96 bits per heavy atom. The van der Waals surface area contributed by atoms with Crippen molar-refractivity contribution in [3.8, 4) is 0 Å². The molecule has 0 unspecified atom stereocenters. The molecular formula is C17H19ClN4S. The molecule has 0 bridgehead atoms. The van der Waals surface area contributed by atoms with Crippen LogP contribution in [-0.2, 0) is 12.8 Å². The van der Waals surface area contributed by atoms with Crippen molar-refractivity contribution in [1.82, 2.24) is 4.37 Å². The predicted octanol–water partition coefficient (Wildman–Crippen LogP) is 5.53. The number of anilines is 1. The van der Waals surface area contributed by atoms with E-state index in [0.717, 1.165) is 23.4 Å². The normalized spacial score (nSPS) is 16.9. The van der Waals surface area contributed by atoms with Gasteiger partial charge in [0.15, 0.2) is 0 Å². The lowest BCUT2D eigenvalue weighted by Gasteiger charge is -2.37. The van der Waals surface area contributed by atoms with E-state index in [9.17, 15) is 0 Å². The number of hydrogen-bond acceptors (Lipinski definition) is 5. The molecule has 0 amide bonds. The van der Waals surface area contributed by atoms with Crippen LogP contribution in [0.3, 0.4) is 0 Å². The molecule has 23 heavy (non-hydrogen) atoms. The average Bonchev–Trinajstić information content (AvgIpc) is 2.89. The first-order valence-electron chi connectivity index (χ1n) is 8.09. The maximum atomic E-state index is 6.20. The van der Waals surface area contributed by atoms with Crippen molar-refractivity contribution < 1.29 is 0 Å². The van der Waals surface area contributed by atoms with Gasteiger partial charge in [0.2, 0.25) is 5.82 Å². The van der Waals surface area contributed by atoms with Crippen molar-refractivity contribution in [1.29, 1.82) is 0 Å². The van der Waals surface area contributed by atoms with E-state index in [1.165, 1.54) is 59.8 Å². The fourth-order valence-corrected chi connectivity index (χ4v) is 4.37. The van der Waals surface area contributed by atoms with Crippen molar-refractivity contribution in [2.75, 3.05) is 18.0 Å². The Morgan fingerprint density at radius 1 is 1.17 bits per heavy atom. The Kier molecular flexibility index (Phi) is 3.85. The lowest BCUT2D eigenvalue weighted by atomic mass is 9.88. The minimum Gasteiger partial charge on any atom is -0.371 e. The number of aromatic nitrogens is 1. The third-order valence-electron chi connectivity index (χ3n) is 4.81. The molecule has 2 aliphatic rings. The van der Waals surface area contributed by atoms with Gasteiger partial charge in [-0.3, -0.25) is 0 Å². The summed E-state index contributed by atoms with van der Waals surface area (Å²) in [7, 11) is 0. The summed E-state index contributed by atoms with van der Waals surface area (Å²) in [5, 5.41) is 9.39. The third kappa shape index (κ3) is 2.56. The van der Waals surface area contributed by atoms with Crippen molar-refractivity contribution in [2.45, 2.75) is 39.5 Å². The minimum atomic E-state index is 0.529. The van der Waals surface area contributed by atoms with Gasteiger partial charge in [0.05, 0.1) is 5.69 Å². The van der Waals surface area contributed by atoms with Crippen LogP contribution in [0.15, 0.2) is 16.3 Å². The van der Waals surface area contributed by atoms with Gasteiger partial charge in [0.1, 0.15) is 5.02 Å². The number of azo groups is 1. The maximum absolute atomic E-state index is 6.20. The van der Waals surface area contributed by atoms with Gasteiger partial charge in [-0.15, -0.1) is 10.2 Å².